The van der Waals surface area contributed by atoms with Crippen LogP contribution in [0.25, 0.3) is 22.0 Å². The van der Waals surface area contributed by atoms with E-state index in [1.54, 1.807) is 18.2 Å². The maximum absolute atomic E-state index is 11.8. The smallest absolute Gasteiger partial charge is 0.348 e. The largest absolute Gasteiger partial charge is 0.465 e. The van der Waals surface area contributed by atoms with Gasteiger partial charge >= 0.3 is 5.97 Å². The number of methoxy groups -OCH3 is 1. The highest BCUT2D eigenvalue weighted by atomic mass is 32.1. The van der Waals surface area contributed by atoms with Crippen molar-refractivity contribution in [1.82, 2.24) is 9.97 Å². The van der Waals surface area contributed by atoms with Crippen LogP contribution >= 0.6 is 11.3 Å². The summed E-state index contributed by atoms with van der Waals surface area (Å²) in [5, 5.41) is 2.38. The maximum atomic E-state index is 11.8. The second kappa shape index (κ2) is 4.90. The number of rotatable bonds is 2. The van der Waals surface area contributed by atoms with Crippen molar-refractivity contribution in [2.45, 2.75) is 0 Å². The summed E-state index contributed by atoms with van der Waals surface area (Å²) in [6, 6.07) is 7.18. The summed E-state index contributed by atoms with van der Waals surface area (Å²) in [6.07, 6.45) is 1.38. The van der Waals surface area contributed by atoms with Crippen LogP contribution in [0.3, 0.4) is 0 Å². The molecule has 0 saturated heterocycles. The Labute approximate surface area is 117 Å². The molecule has 0 fully saturated rings. The second-order valence-corrected chi connectivity index (χ2v) is 5.07. The SMILES string of the molecule is COC(=O)c1cc(-c2ccc3nc[nH]c(=O)c3c2)cs1. The summed E-state index contributed by atoms with van der Waals surface area (Å²) >= 11 is 1.31. The fraction of sp³-hybridized carbons (Fsp3) is 0.0714. The van der Waals surface area contributed by atoms with E-state index in [4.69, 9.17) is 0 Å². The number of fused-ring (bicyclic) bond motifs is 1. The number of benzene rings is 1. The number of ether oxygens (including phenoxy) is 1. The third-order valence-corrected chi connectivity index (χ3v) is 3.87. The standard InChI is InChI=1S/C14H10N2O3S/c1-19-14(18)12-5-9(6-20-12)8-2-3-11-10(4-8)13(17)16-7-15-11/h2-7H,1H3,(H,15,16,17). The molecule has 0 unspecified atom stereocenters. The van der Waals surface area contributed by atoms with Crippen LogP contribution < -0.4 is 5.56 Å². The van der Waals surface area contributed by atoms with Crippen molar-refractivity contribution in [1.29, 1.82) is 0 Å². The highest BCUT2D eigenvalue weighted by Crippen LogP contribution is 2.27. The Bertz CT molecular complexity index is 851. The molecule has 0 aliphatic rings. The third-order valence-electron chi connectivity index (χ3n) is 2.96. The van der Waals surface area contributed by atoms with E-state index in [0.717, 1.165) is 11.1 Å². The van der Waals surface area contributed by atoms with E-state index < -0.39 is 0 Å². The van der Waals surface area contributed by atoms with Gasteiger partial charge in [0.2, 0.25) is 0 Å². The Morgan fingerprint density at radius 3 is 2.95 bits per heavy atom. The van der Waals surface area contributed by atoms with E-state index in [0.29, 0.717) is 15.8 Å². The summed E-state index contributed by atoms with van der Waals surface area (Å²) in [5.41, 5.74) is 2.20. The van der Waals surface area contributed by atoms with Crippen LogP contribution in [0.1, 0.15) is 9.67 Å². The second-order valence-electron chi connectivity index (χ2n) is 4.15. The van der Waals surface area contributed by atoms with E-state index in [2.05, 4.69) is 14.7 Å². The van der Waals surface area contributed by atoms with E-state index in [-0.39, 0.29) is 11.5 Å². The first-order valence-corrected chi connectivity index (χ1v) is 6.71. The predicted molar refractivity (Wildman–Crippen MR) is 77.0 cm³/mol. The summed E-state index contributed by atoms with van der Waals surface area (Å²) in [4.78, 5) is 30.4. The van der Waals surface area contributed by atoms with Crippen molar-refractivity contribution in [2.75, 3.05) is 7.11 Å². The molecule has 0 aliphatic carbocycles. The lowest BCUT2D eigenvalue weighted by atomic mass is 10.1. The number of aromatic amines is 1. The third kappa shape index (κ3) is 2.10. The van der Waals surface area contributed by atoms with Crippen molar-refractivity contribution < 1.29 is 9.53 Å². The van der Waals surface area contributed by atoms with Gasteiger partial charge in [0.1, 0.15) is 4.88 Å². The van der Waals surface area contributed by atoms with Gasteiger partial charge in [-0.05, 0) is 34.7 Å². The van der Waals surface area contributed by atoms with Crippen molar-refractivity contribution in [3.8, 4) is 11.1 Å². The van der Waals surface area contributed by atoms with Crippen LogP contribution in [0.4, 0.5) is 0 Å². The van der Waals surface area contributed by atoms with Gasteiger partial charge in [-0.3, -0.25) is 4.79 Å². The lowest BCUT2D eigenvalue weighted by Crippen LogP contribution is -2.05. The Hall–Kier alpha value is -2.47. The average Bonchev–Trinajstić information content (AvgIpc) is 2.96. The van der Waals surface area contributed by atoms with Crippen LogP contribution in [0, 0.1) is 0 Å². The van der Waals surface area contributed by atoms with E-state index in [1.807, 2.05) is 11.4 Å². The molecular formula is C14H10N2O3S. The topological polar surface area (TPSA) is 72.0 Å². The number of esters is 1. The van der Waals surface area contributed by atoms with Gasteiger partial charge in [0, 0.05) is 0 Å². The zero-order valence-electron chi connectivity index (χ0n) is 10.5. The van der Waals surface area contributed by atoms with Gasteiger partial charge in [-0.2, -0.15) is 0 Å². The molecule has 0 bridgehead atoms. The van der Waals surface area contributed by atoms with E-state index in [1.165, 1.54) is 24.8 Å². The Kier molecular flexibility index (Phi) is 3.08. The molecule has 5 nitrogen and oxygen atoms in total. The minimum absolute atomic E-state index is 0.180. The lowest BCUT2D eigenvalue weighted by molar-refractivity contribution is 0.0606. The minimum atomic E-state index is -0.360. The molecule has 0 aliphatic heterocycles. The highest BCUT2D eigenvalue weighted by molar-refractivity contribution is 7.12. The Balaban J connectivity index is 2.10. The number of carbonyl (C=O) groups is 1. The maximum Gasteiger partial charge on any atom is 0.348 e. The molecule has 0 radical (unpaired) electrons. The highest BCUT2D eigenvalue weighted by Gasteiger charge is 2.11. The van der Waals surface area contributed by atoms with Crippen LogP contribution in [-0.2, 0) is 4.74 Å². The summed E-state index contributed by atoms with van der Waals surface area (Å²) in [5.74, 6) is -0.360. The summed E-state index contributed by atoms with van der Waals surface area (Å²) in [7, 11) is 1.35. The molecule has 6 heteroatoms. The van der Waals surface area contributed by atoms with Crippen LogP contribution in [0.5, 0.6) is 0 Å². The van der Waals surface area contributed by atoms with Gasteiger partial charge in [0.25, 0.3) is 5.56 Å². The molecule has 2 aromatic heterocycles. The van der Waals surface area contributed by atoms with Gasteiger partial charge in [0.15, 0.2) is 0 Å². The molecule has 3 rings (SSSR count). The summed E-state index contributed by atoms with van der Waals surface area (Å²) in [6.45, 7) is 0. The molecule has 1 aromatic carbocycles. The molecule has 100 valence electrons. The molecule has 0 amide bonds. The van der Waals surface area contributed by atoms with Crippen LogP contribution in [0.15, 0.2) is 40.8 Å². The van der Waals surface area contributed by atoms with Gasteiger partial charge in [-0.1, -0.05) is 6.07 Å². The first-order valence-electron chi connectivity index (χ1n) is 5.83. The van der Waals surface area contributed by atoms with Gasteiger partial charge in [-0.25, -0.2) is 9.78 Å². The Morgan fingerprint density at radius 1 is 1.30 bits per heavy atom. The summed E-state index contributed by atoms with van der Waals surface area (Å²) < 4.78 is 4.68. The molecular weight excluding hydrogens is 276 g/mol. The van der Waals surface area contributed by atoms with E-state index >= 15 is 0 Å². The molecule has 3 aromatic rings. The minimum Gasteiger partial charge on any atom is -0.465 e. The number of hydrogen-bond acceptors (Lipinski definition) is 5. The molecule has 0 spiro atoms. The number of aromatic nitrogens is 2. The average molecular weight is 286 g/mol. The van der Waals surface area contributed by atoms with Crippen molar-refractivity contribution in [2.24, 2.45) is 0 Å². The molecule has 1 N–H and O–H groups in total. The molecule has 0 atom stereocenters. The number of hydrogen-bond donors (Lipinski definition) is 1. The number of nitrogens with zero attached hydrogens (tertiary/aromatic N) is 1. The fourth-order valence-electron chi connectivity index (χ4n) is 1.94. The first-order chi connectivity index (χ1) is 9.69. The Morgan fingerprint density at radius 2 is 2.15 bits per heavy atom. The van der Waals surface area contributed by atoms with Crippen molar-refractivity contribution in [3.05, 3.63) is 51.2 Å². The number of carbonyl (C=O) groups excluding carboxylic acids is 1. The number of nitrogens with one attached hydrogen (secondary N) is 1. The van der Waals surface area contributed by atoms with Gasteiger partial charge in [0.05, 0.1) is 24.3 Å². The van der Waals surface area contributed by atoms with Crippen molar-refractivity contribution in [3.63, 3.8) is 0 Å². The molecule has 2 heterocycles. The quantitative estimate of drug-likeness (QED) is 0.734. The molecule has 20 heavy (non-hydrogen) atoms. The van der Waals surface area contributed by atoms with Crippen LogP contribution in [0.2, 0.25) is 0 Å². The normalized spacial score (nSPS) is 10.7. The van der Waals surface area contributed by atoms with Gasteiger partial charge in [-0.15, -0.1) is 11.3 Å². The fourth-order valence-corrected chi connectivity index (χ4v) is 2.78. The number of H-pyrrole nitrogens is 1. The van der Waals surface area contributed by atoms with Crippen molar-refractivity contribution >= 4 is 28.2 Å². The zero-order valence-corrected chi connectivity index (χ0v) is 11.4. The lowest BCUT2D eigenvalue weighted by Gasteiger charge is -2.00. The monoisotopic (exact) mass is 286 g/mol. The molecule has 0 saturated carbocycles. The zero-order chi connectivity index (χ0) is 14.1. The first kappa shape index (κ1) is 12.6. The van der Waals surface area contributed by atoms with Gasteiger partial charge < -0.3 is 9.72 Å². The van der Waals surface area contributed by atoms with E-state index in [9.17, 15) is 9.59 Å². The van der Waals surface area contributed by atoms with Crippen LogP contribution in [-0.4, -0.2) is 23.0 Å². The predicted octanol–water partition coefficient (Wildman–Crippen LogP) is 2.44. The number of thiophene rings is 1.